The summed E-state index contributed by atoms with van der Waals surface area (Å²) in [6.45, 7) is 12.6. The summed E-state index contributed by atoms with van der Waals surface area (Å²) in [7, 11) is 0. The highest BCUT2D eigenvalue weighted by Crippen LogP contribution is 2.26. The predicted octanol–water partition coefficient (Wildman–Crippen LogP) is 2.27. The van der Waals surface area contributed by atoms with Gasteiger partial charge in [0.25, 0.3) is 0 Å². The van der Waals surface area contributed by atoms with Crippen LogP contribution in [0.15, 0.2) is 0 Å². The second-order valence-electron chi connectivity index (χ2n) is 6.10. The lowest BCUT2D eigenvalue weighted by atomic mass is 9.90. The van der Waals surface area contributed by atoms with Gasteiger partial charge in [0.2, 0.25) is 0 Å². The maximum absolute atomic E-state index is 5.56. The Labute approximate surface area is 112 Å². The van der Waals surface area contributed by atoms with Gasteiger partial charge in [0, 0.05) is 24.7 Å². The molecular formula is C15H30N2O. The summed E-state index contributed by atoms with van der Waals surface area (Å²) < 4.78 is 5.56. The number of rotatable bonds is 4. The van der Waals surface area contributed by atoms with Gasteiger partial charge in [0.05, 0.1) is 6.61 Å². The molecule has 2 atom stereocenters. The largest absolute Gasteiger partial charge is 0.381 e. The van der Waals surface area contributed by atoms with Gasteiger partial charge in [0.1, 0.15) is 0 Å². The van der Waals surface area contributed by atoms with Gasteiger partial charge < -0.3 is 10.1 Å². The minimum Gasteiger partial charge on any atom is -0.381 e. The molecule has 18 heavy (non-hydrogen) atoms. The van der Waals surface area contributed by atoms with E-state index in [0.29, 0.717) is 11.6 Å². The van der Waals surface area contributed by atoms with Crippen molar-refractivity contribution < 1.29 is 4.74 Å². The van der Waals surface area contributed by atoms with Gasteiger partial charge >= 0.3 is 0 Å². The first-order valence-electron chi connectivity index (χ1n) is 7.77. The van der Waals surface area contributed by atoms with E-state index in [1.54, 1.807) is 0 Å². The zero-order valence-electron chi connectivity index (χ0n) is 12.4. The standard InChI is InChI=1S/C15H30N2O/c1-4-15(5-2)12-17(9-6-8-16-15)13(3)14-7-10-18-11-14/h13-14,16H,4-12H2,1-3H3. The second kappa shape index (κ2) is 6.36. The third-order valence-corrected chi connectivity index (χ3v) is 5.20. The van der Waals surface area contributed by atoms with Crippen LogP contribution in [0.3, 0.4) is 0 Å². The van der Waals surface area contributed by atoms with E-state index in [1.807, 2.05) is 0 Å². The lowest BCUT2D eigenvalue weighted by Gasteiger charge is -2.39. The average molecular weight is 254 g/mol. The highest BCUT2D eigenvalue weighted by Gasteiger charge is 2.34. The van der Waals surface area contributed by atoms with E-state index < -0.39 is 0 Å². The minimum absolute atomic E-state index is 0.338. The van der Waals surface area contributed by atoms with E-state index in [0.717, 1.165) is 19.1 Å². The Bertz CT molecular complexity index is 247. The predicted molar refractivity (Wildman–Crippen MR) is 75.9 cm³/mol. The van der Waals surface area contributed by atoms with Crippen molar-refractivity contribution in [3.63, 3.8) is 0 Å². The summed E-state index contributed by atoms with van der Waals surface area (Å²) in [5.74, 6) is 0.745. The Morgan fingerprint density at radius 1 is 1.39 bits per heavy atom. The van der Waals surface area contributed by atoms with E-state index >= 15 is 0 Å². The van der Waals surface area contributed by atoms with Gasteiger partial charge in [0.15, 0.2) is 0 Å². The molecule has 1 N–H and O–H groups in total. The lowest BCUT2D eigenvalue weighted by Crippen LogP contribution is -2.53. The average Bonchev–Trinajstić information content (AvgIpc) is 2.85. The van der Waals surface area contributed by atoms with Crippen molar-refractivity contribution >= 4 is 0 Å². The topological polar surface area (TPSA) is 24.5 Å². The smallest absolute Gasteiger partial charge is 0.0509 e. The van der Waals surface area contributed by atoms with Crippen molar-refractivity contribution in [3.05, 3.63) is 0 Å². The molecule has 0 aromatic carbocycles. The van der Waals surface area contributed by atoms with E-state index in [9.17, 15) is 0 Å². The lowest BCUT2D eigenvalue weighted by molar-refractivity contribution is 0.105. The fourth-order valence-electron chi connectivity index (χ4n) is 3.46. The molecule has 2 saturated heterocycles. The van der Waals surface area contributed by atoms with Gasteiger partial charge in [-0.15, -0.1) is 0 Å². The monoisotopic (exact) mass is 254 g/mol. The summed E-state index contributed by atoms with van der Waals surface area (Å²) in [5, 5.41) is 3.80. The Kier molecular flexibility index (Phi) is 5.05. The van der Waals surface area contributed by atoms with E-state index in [1.165, 1.54) is 45.3 Å². The van der Waals surface area contributed by atoms with Crippen molar-refractivity contribution in [2.75, 3.05) is 32.8 Å². The first kappa shape index (κ1) is 14.3. The van der Waals surface area contributed by atoms with Crippen molar-refractivity contribution in [3.8, 4) is 0 Å². The van der Waals surface area contributed by atoms with Crippen LogP contribution >= 0.6 is 0 Å². The SMILES string of the molecule is CCC1(CC)CN(C(C)C2CCOC2)CCCN1. The van der Waals surface area contributed by atoms with Crippen LogP contribution in [0.2, 0.25) is 0 Å². The Balaban J connectivity index is 2.01. The highest BCUT2D eigenvalue weighted by molar-refractivity contribution is 4.93. The first-order chi connectivity index (χ1) is 8.71. The van der Waals surface area contributed by atoms with Crippen LogP contribution in [0, 0.1) is 5.92 Å². The van der Waals surface area contributed by atoms with E-state index in [4.69, 9.17) is 4.74 Å². The Morgan fingerprint density at radius 3 is 2.78 bits per heavy atom. The number of hydrogen-bond acceptors (Lipinski definition) is 3. The number of ether oxygens (including phenoxy) is 1. The van der Waals surface area contributed by atoms with E-state index in [2.05, 4.69) is 31.0 Å². The first-order valence-corrected chi connectivity index (χ1v) is 7.77. The molecule has 106 valence electrons. The van der Waals surface area contributed by atoms with Crippen LogP contribution in [-0.4, -0.2) is 49.3 Å². The zero-order chi connectivity index (χ0) is 13.0. The molecule has 2 fully saturated rings. The summed E-state index contributed by atoms with van der Waals surface area (Å²) in [6, 6.07) is 0.671. The normalized spacial score (nSPS) is 31.2. The molecule has 3 heteroatoms. The molecule has 0 radical (unpaired) electrons. The Morgan fingerprint density at radius 2 is 2.17 bits per heavy atom. The van der Waals surface area contributed by atoms with Gasteiger partial charge in [-0.3, -0.25) is 4.90 Å². The van der Waals surface area contributed by atoms with Crippen LogP contribution in [0.5, 0.6) is 0 Å². The molecule has 2 aliphatic heterocycles. The van der Waals surface area contributed by atoms with Gasteiger partial charge in [-0.25, -0.2) is 0 Å². The fourth-order valence-corrected chi connectivity index (χ4v) is 3.46. The highest BCUT2D eigenvalue weighted by atomic mass is 16.5. The molecule has 0 aromatic heterocycles. The number of nitrogens with zero attached hydrogens (tertiary/aromatic N) is 1. The van der Waals surface area contributed by atoms with E-state index in [-0.39, 0.29) is 0 Å². The molecule has 2 unspecified atom stereocenters. The number of nitrogens with one attached hydrogen (secondary N) is 1. The third-order valence-electron chi connectivity index (χ3n) is 5.20. The maximum atomic E-state index is 5.56. The molecule has 2 heterocycles. The molecule has 0 amide bonds. The molecule has 0 spiro atoms. The van der Waals surface area contributed by atoms with Crippen molar-refractivity contribution in [2.24, 2.45) is 5.92 Å². The van der Waals surface area contributed by atoms with Crippen molar-refractivity contribution in [1.29, 1.82) is 0 Å². The van der Waals surface area contributed by atoms with Crippen molar-refractivity contribution in [2.45, 2.75) is 58.0 Å². The summed E-state index contributed by atoms with van der Waals surface area (Å²) in [5.41, 5.74) is 0.338. The fraction of sp³-hybridized carbons (Fsp3) is 1.00. The molecular weight excluding hydrogens is 224 g/mol. The molecule has 0 bridgehead atoms. The van der Waals surface area contributed by atoms with Crippen LogP contribution in [0.4, 0.5) is 0 Å². The molecule has 0 aliphatic carbocycles. The van der Waals surface area contributed by atoms with Crippen LogP contribution in [0.1, 0.15) is 46.5 Å². The molecule has 0 saturated carbocycles. The third kappa shape index (κ3) is 3.06. The van der Waals surface area contributed by atoms with Crippen molar-refractivity contribution in [1.82, 2.24) is 10.2 Å². The van der Waals surface area contributed by atoms with Crippen LogP contribution < -0.4 is 5.32 Å². The molecule has 2 rings (SSSR count). The quantitative estimate of drug-likeness (QED) is 0.833. The van der Waals surface area contributed by atoms with Gasteiger partial charge in [-0.2, -0.15) is 0 Å². The van der Waals surface area contributed by atoms with Crippen LogP contribution in [-0.2, 0) is 4.74 Å². The Hall–Kier alpha value is -0.120. The zero-order valence-corrected chi connectivity index (χ0v) is 12.4. The van der Waals surface area contributed by atoms with Gasteiger partial charge in [-0.05, 0) is 51.6 Å². The summed E-state index contributed by atoms with van der Waals surface area (Å²) in [6.07, 6.45) is 4.98. The number of hydrogen-bond donors (Lipinski definition) is 1. The summed E-state index contributed by atoms with van der Waals surface area (Å²) in [4.78, 5) is 2.71. The van der Waals surface area contributed by atoms with Crippen LogP contribution in [0.25, 0.3) is 0 Å². The minimum atomic E-state index is 0.338. The summed E-state index contributed by atoms with van der Waals surface area (Å²) >= 11 is 0. The molecule has 0 aromatic rings. The van der Waals surface area contributed by atoms with Gasteiger partial charge in [-0.1, -0.05) is 13.8 Å². The second-order valence-corrected chi connectivity index (χ2v) is 6.10. The molecule has 2 aliphatic rings. The maximum Gasteiger partial charge on any atom is 0.0509 e. The molecule has 3 nitrogen and oxygen atoms in total.